The van der Waals surface area contributed by atoms with Crippen LogP contribution in [-0.2, 0) is 4.79 Å². The van der Waals surface area contributed by atoms with E-state index >= 15 is 0 Å². The van der Waals surface area contributed by atoms with Gasteiger partial charge in [0, 0.05) is 17.8 Å². The minimum atomic E-state index is -1.06. The highest BCUT2D eigenvalue weighted by atomic mass is 16.6. The van der Waals surface area contributed by atoms with Crippen molar-refractivity contribution in [2.24, 2.45) is 5.73 Å². The van der Waals surface area contributed by atoms with Gasteiger partial charge < -0.3 is 10.8 Å². The summed E-state index contributed by atoms with van der Waals surface area (Å²) in [7, 11) is 0. The van der Waals surface area contributed by atoms with E-state index in [1.807, 2.05) is 0 Å². The summed E-state index contributed by atoms with van der Waals surface area (Å²) in [4.78, 5) is 20.4. The maximum atomic E-state index is 10.4. The van der Waals surface area contributed by atoms with Crippen molar-refractivity contribution in [1.82, 2.24) is 0 Å². The lowest BCUT2D eigenvalue weighted by atomic mass is 10.0. The molecule has 82 valence electrons. The Morgan fingerprint density at radius 1 is 1.57 bits per heavy atom. The Morgan fingerprint density at radius 3 is 2.50 bits per heavy atom. The summed E-state index contributed by atoms with van der Waals surface area (Å²) in [6.07, 6.45) is 1.63. The molecule has 3 N–H and O–H groups in total. The second kappa shape index (κ2) is 6.31. The van der Waals surface area contributed by atoms with E-state index in [0.29, 0.717) is 25.7 Å². The van der Waals surface area contributed by atoms with Crippen LogP contribution in [0.25, 0.3) is 0 Å². The van der Waals surface area contributed by atoms with E-state index in [1.165, 1.54) is 0 Å². The number of aliphatic carboxylic acids is 1. The van der Waals surface area contributed by atoms with Crippen LogP contribution in [0.15, 0.2) is 0 Å². The van der Waals surface area contributed by atoms with Gasteiger partial charge in [-0.05, 0) is 12.8 Å². The van der Waals surface area contributed by atoms with Gasteiger partial charge in [-0.25, -0.2) is 0 Å². The van der Waals surface area contributed by atoms with E-state index in [2.05, 4.69) is 0 Å². The molecule has 0 heterocycles. The molecule has 0 aliphatic carbocycles. The molecule has 2 atom stereocenters. The average molecular weight is 204 g/mol. The fourth-order valence-corrected chi connectivity index (χ4v) is 1.16. The molecule has 0 aromatic heterocycles. The Labute approximate surface area is 82.2 Å². The van der Waals surface area contributed by atoms with Gasteiger partial charge in [0.15, 0.2) is 0 Å². The predicted molar refractivity (Wildman–Crippen MR) is 50.5 cm³/mol. The standard InChI is InChI=1S/C8H16N2O4/c1-2-6(10(13)14)4-3-5-7(9)8(11)12/h6-7H,2-5,9H2,1H3,(H,11,12). The third-order valence-electron chi connectivity index (χ3n) is 2.14. The molecule has 0 aromatic carbocycles. The van der Waals surface area contributed by atoms with Crippen LogP contribution in [-0.4, -0.2) is 28.1 Å². The molecule has 0 saturated carbocycles. The summed E-state index contributed by atoms with van der Waals surface area (Å²) in [6, 6.07) is -1.48. The number of hydrogen-bond donors (Lipinski definition) is 2. The fraction of sp³-hybridized carbons (Fsp3) is 0.875. The van der Waals surface area contributed by atoms with Crippen molar-refractivity contribution in [3.63, 3.8) is 0 Å². The zero-order valence-corrected chi connectivity index (χ0v) is 8.18. The van der Waals surface area contributed by atoms with Gasteiger partial charge in [0.25, 0.3) is 0 Å². The summed E-state index contributed by atoms with van der Waals surface area (Å²) in [5.74, 6) is -1.06. The maximum absolute atomic E-state index is 10.4. The number of carboxylic acids is 1. The fourth-order valence-electron chi connectivity index (χ4n) is 1.16. The second-order valence-corrected chi connectivity index (χ2v) is 3.22. The molecule has 0 aliphatic rings. The first-order chi connectivity index (χ1) is 6.49. The Hall–Kier alpha value is -1.17. The highest BCUT2D eigenvalue weighted by molar-refractivity contribution is 5.72. The van der Waals surface area contributed by atoms with Crippen molar-refractivity contribution >= 4 is 5.97 Å². The molecule has 2 unspecified atom stereocenters. The Morgan fingerprint density at radius 2 is 2.14 bits per heavy atom. The molecular weight excluding hydrogens is 188 g/mol. The van der Waals surface area contributed by atoms with Gasteiger partial charge >= 0.3 is 5.97 Å². The summed E-state index contributed by atoms with van der Waals surface area (Å²) >= 11 is 0. The predicted octanol–water partition coefficient (Wildman–Crippen LogP) is 0.624. The minimum absolute atomic E-state index is 0.291. The van der Waals surface area contributed by atoms with Crippen LogP contribution in [0.3, 0.4) is 0 Å². The number of rotatable bonds is 7. The Kier molecular flexibility index (Phi) is 5.78. The normalized spacial score (nSPS) is 14.7. The lowest BCUT2D eigenvalue weighted by Gasteiger charge is -2.08. The first-order valence-electron chi connectivity index (χ1n) is 4.60. The van der Waals surface area contributed by atoms with E-state index in [1.54, 1.807) is 6.92 Å². The van der Waals surface area contributed by atoms with Crippen LogP contribution in [0.1, 0.15) is 32.6 Å². The van der Waals surface area contributed by atoms with E-state index in [9.17, 15) is 14.9 Å². The molecular formula is C8H16N2O4. The van der Waals surface area contributed by atoms with E-state index in [-0.39, 0.29) is 4.92 Å². The third-order valence-corrected chi connectivity index (χ3v) is 2.14. The number of nitrogens with two attached hydrogens (primary N) is 1. The van der Waals surface area contributed by atoms with Crippen molar-refractivity contribution < 1.29 is 14.8 Å². The van der Waals surface area contributed by atoms with Gasteiger partial charge in [0.1, 0.15) is 6.04 Å². The molecule has 0 amide bonds. The number of carbonyl (C=O) groups is 1. The van der Waals surface area contributed by atoms with Crippen LogP contribution in [0.5, 0.6) is 0 Å². The first-order valence-corrected chi connectivity index (χ1v) is 4.60. The van der Waals surface area contributed by atoms with Crippen molar-refractivity contribution in [2.75, 3.05) is 0 Å². The molecule has 0 bridgehead atoms. The molecule has 6 nitrogen and oxygen atoms in total. The Bertz CT molecular complexity index is 208. The van der Waals surface area contributed by atoms with Crippen LogP contribution in [0, 0.1) is 10.1 Å². The van der Waals surface area contributed by atoms with Crippen LogP contribution >= 0.6 is 0 Å². The highest BCUT2D eigenvalue weighted by Crippen LogP contribution is 2.08. The lowest BCUT2D eigenvalue weighted by molar-refractivity contribution is -0.523. The summed E-state index contributed by atoms with van der Waals surface area (Å²) in [5, 5.41) is 18.9. The van der Waals surface area contributed by atoms with Gasteiger partial charge in [-0.1, -0.05) is 6.92 Å². The maximum Gasteiger partial charge on any atom is 0.320 e. The van der Waals surface area contributed by atoms with Gasteiger partial charge in [0.2, 0.25) is 6.04 Å². The highest BCUT2D eigenvalue weighted by Gasteiger charge is 2.18. The van der Waals surface area contributed by atoms with Crippen LogP contribution in [0.4, 0.5) is 0 Å². The summed E-state index contributed by atoms with van der Waals surface area (Å²) in [5.41, 5.74) is 5.25. The second-order valence-electron chi connectivity index (χ2n) is 3.22. The molecule has 14 heavy (non-hydrogen) atoms. The van der Waals surface area contributed by atoms with E-state index < -0.39 is 18.1 Å². The van der Waals surface area contributed by atoms with Crippen LogP contribution in [0.2, 0.25) is 0 Å². The first kappa shape index (κ1) is 12.8. The molecule has 0 saturated heterocycles. The molecule has 0 rings (SSSR count). The van der Waals surface area contributed by atoms with Gasteiger partial charge in [0.05, 0.1) is 0 Å². The smallest absolute Gasteiger partial charge is 0.320 e. The minimum Gasteiger partial charge on any atom is -0.480 e. The van der Waals surface area contributed by atoms with Gasteiger partial charge in [-0.15, -0.1) is 0 Å². The molecule has 0 fully saturated rings. The molecule has 0 aromatic rings. The number of nitrogens with zero attached hydrogens (tertiary/aromatic N) is 1. The number of hydrogen-bond acceptors (Lipinski definition) is 4. The van der Waals surface area contributed by atoms with E-state index in [4.69, 9.17) is 10.8 Å². The molecule has 0 aliphatic heterocycles. The van der Waals surface area contributed by atoms with Crippen molar-refractivity contribution in [3.8, 4) is 0 Å². The largest absolute Gasteiger partial charge is 0.480 e. The summed E-state index contributed by atoms with van der Waals surface area (Å²) in [6.45, 7) is 1.74. The number of nitro groups is 1. The Balaban J connectivity index is 3.71. The average Bonchev–Trinajstić information content (AvgIpc) is 2.11. The monoisotopic (exact) mass is 204 g/mol. The van der Waals surface area contributed by atoms with Crippen molar-refractivity contribution in [3.05, 3.63) is 10.1 Å². The zero-order valence-electron chi connectivity index (χ0n) is 8.18. The van der Waals surface area contributed by atoms with Gasteiger partial charge in [-0.2, -0.15) is 0 Å². The summed E-state index contributed by atoms with van der Waals surface area (Å²) < 4.78 is 0. The lowest BCUT2D eigenvalue weighted by Crippen LogP contribution is -2.30. The zero-order chi connectivity index (χ0) is 11.1. The van der Waals surface area contributed by atoms with E-state index in [0.717, 1.165) is 0 Å². The quantitative estimate of drug-likeness (QED) is 0.467. The number of carboxylic acid groups (broad SMARTS) is 1. The topological polar surface area (TPSA) is 106 Å². The third kappa shape index (κ3) is 4.76. The van der Waals surface area contributed by atoms with Gasteiger partial charge in [-0.3, -0.25) is 14.9 Å². The molecule has 0 spiro atoms. The molecule has 6 heteroatoms. The van der Waals surface area contributed by atoms with Crippen molar-refractivity contribution in [2.45, 2.75) is 44.7 Å². The SMILES string of the molecule is CCC(CCCC(N)C(=O)O)[N+](=O)[O-]. The molecule has 0 radical (unpaired) electrons. The van der Waals surface area contributed by atoms with Crippen molar-refractivity contribution in [1.29, 1.82) is 0 Å². The van der Waals surface area contributed by atoms with Crippen LogP contribution < -0.4 is 5.73 Å².